The van der Waals surface area contributed by atoms with Gasteiger partial charge < -0.3 is 16.1 Å². The molecule has 1 aliphatic carbocycles. The van der Waals surface area contributed by atoms with Gasteiger partial charge in [0.1, 0.15) is 5.82 Å². The van der Waals surface area contributed by atoms with Crippen molar-refractivity contribution in [1.29, 1.82) is 5.26 Å². The zero-order valence-corrected chi connectivity index (χ0v) is 22.0. The molecule has 1 aliphatic heterocycles. The van der Waals surface area contributed by atoms with Crippen molar-refractivity contribution >= 4 is 41.1 Å². The molecule has 2 aliphatic rings. The van der Waals surface area contributed by atoms with Gasteiger partial charge in [0.15, 0.2) is 5.82 Å². The quantitative estimate of drug-likeness (QED) is 0.137. The summed E-state index contributed by atoms with van der Waals surface area (Å²) >= 11 is 6.63. The molecule has 1 aromatic heterocycles. The van der Waals surface area contributed by atoms with Crippen LogP contribution >= 0.6 is 11.6 Å². The van der Waals surface area contributed by atoms with E-state index in [2.05, 4.69) is 44.4 Å². The van der Waals surface area contributed by atoms with E-state index in [0.29, 0.717) is 17.3 Å². The Labute approximate surface area is 233 Å². The number of hydrazine groups is 2. The molecule has 12 heteroatoms. The molecule has 8 nitrogen and oxygen atoms in total. The number of hydrogen-bond acceptors (Lipinski definition) is 8. The second kappa shape index (κ2) is 11.3. The minimum absolute atomic E-state index is 0.115. The van der Waals surface area contributed by atoms with Crippen LogP contribution in [0.3, 0.4) is 0 Å². The first-order valence-electron chi connectivity index (χ1n) is 12.3. The van der Waals surface area contributed by atoms with E-state index in [9.17, 15) is 18.4 Å². The van der Waals surface area contributed by atoms with Crippen molar-refractivity contribution in [2.75, 3.05) is 10.6 Å². The molecule has 40 heavy (non-hydrogen) atoms. The van der Waals surface area contributed by atoms with E-state index in [0.717, 1.165) is 36.4 Å². The number of benzene rings is 2. The van der Waals surface area contributed by atoms with Gasteiger partial charge >= 0.3 is 0 Å². The molecule has 0 unspecified atom stereocenters. The minimum Gasteiger partial charge on any atom is -0.373 e. The van der Waals surface area contributed by atoms with Crippen LogP contribution in [0.1, 0.15) is 36.9 Å². The summed E-state index contributed by atoms with van der Waals surface area (Å²) in [5.41, 5.74) is 9.69. The summed E-state index contributed by atoms with van der Waals surface area (Å²) in [5.74, 6) is -2.75. The fourth-order valence-corrected chi connectivity index (χ4v) is 4.57. The molecule has 0 amide bonds. The standard InChI is InChI=1S/C28H24ClF3N8/c1-15(12-33)25(37-19-11-23(31)28(32)35-13-19)21-9-18(10-22(29)27(21)34-2)36-26(16-3-5-17(30)6-4-16)24-14-40(39-38-24)20-7-8-20/h3-6,9-11,13-14,20,26,36-39H,2,7-8H2,1H3/b25-15-/t26-/m0/s1. The molecule has 1 saturated carbocycles. The molecule has 0 radical (unpaired) electrons. The number of nitrogens with zero attached hydrogens (tertiary/aromatic N) is 4. The van der Waals surface area contributed by atoms with E-state index in [1.54, 1.807) is 31.2 Å². The van der Waals surface area contributed by atoms with Crippen molar-refractivity contribution in [3.8, 4) is 6.07 Å². The summed E-state index contributed by atoms with van der Waals surface area (Å²) < 4.78 is 41.1. The Morgan fingerprint density at radius 1 is 1.20 bits per heavy atom. The first kappa shape index (κ1) is 27.1. The Bertz CT molecular complexity index is 1560. The fraction of sp³-hybridized carbons (Fsp3) is 0.179. The average Bonchev–Trinajstić information content (AvgIpc) is 3.68. The van der Waals surface area contributed by atoms with Gasteiger partial charge in [0.2, 0.25) is 5.95 Å². The summed E-state index contributed by atoms with van der Waals surface area (Å²) in [5, 5.41) is 18.3. The number of halogens is 4. The molecular weight excluding hydrogens is 541 g/mol. The maximum Gasteiger partial charge on any atom is 0.249 e. The highest BCUT2D eigenvalue weighted by Gasteiger charge is 2.32. The normalized spacial score (nSPS) is 15.9. The maximum atomic E-state index is 13.9. The number of nitriles is 1. The van der Waals surface area contributed by atoms with E-state index in [-0.39, 0.29) is 33.5 Å². The van der Waals surface area contributed by atoms with Crippen LogP contribution in [0.4, 0.5) is 30.2 Å². The van der Waals surface area contributed by atoms with Crippen molar-refractivity contribution < 1.29 is 13.2 Å². The Kier molecular flexibility index (Phi) is 7.64. The summed E-state index contributed by atoms with van der Waals surface area (Å²) in [6, 6.07) is 12.4. The number of aromatic nitrogens is 1. The lowest BCUT2D eigenvalue weighted by atomic mass is 10.0. The van der Waals surface area contributed by atoms with Crippen molar-refractivity contribution in [2.45, 2.75) is 31.8 Å². The third-order valence-electron chi connectivity index (χ3n) is 6.47. The van der Waals surface area contributed by atoms with E-state index in [1.165, 1.54) is 12.1 Å². The van der Waals surface area contributed by atoms with E-state index >= 15 is 0 Å². The van der Waals surface area contributed by atoms with Crippen LogP contribution in [0.5, 0.6) is 0 Å². The molecular formula is C28H24ClF3N8. The van der Waals surface area contributed by atoms with Crippen LogP contribution in [0.15, 0.2) is 71.1 Å². The smallest absolute Gasteiger partial charge is 0.249 e. The third kappa shape index (κ3) is 5.73. The topological polar surface area (TPSA) is 100 Å². The van der Waals surface area contributed by atoms with Crippen molar-refractivity contribution in [3.05, 3.63) is 99.9 Å². The Balaban J connectivity index is 1.56. The first-order chi connectivity index (χ1) is 19.3. The zero-order chi connectivity index (χ0) is 28.4. The SMILES string of the molecule is C=Nc1c(Cl)cc(N[C@H](C2=CN(C3CC3)NN2)c2ccc(F)cc2)cc1/C(Nc1cnc(F)c(F)c1)=C(\C)C#N. The van der Waals surface area contributed by atoms with Crippen molar-refractivity contribution in [1.82, 2.24) is 21.0 Å². The number of nitrogens with one attached hydrogen (secondary N) is 4. The lowest BCUT2D eigenvalue weighted by Gasteiger charge is -2.23. The highest BCUT2D eigenvalue weighted by atomic mass is 35.5. The van der Waals surface area contributed by atoms with Crippen LogP contribution in [-0.2, 0) is 0 Å². The number of pyridine rings is 1. The number of anilines is 2. The first-order valence-corrected chi connectivity index (χ1v) is 12.7. The zero-order valence-electron chi connectivity index (χ0n) is 21.3. The van der Waals surface area contributed by atoms with Crippen molar-refractivity contribution in [2.24, 2.45) is 4.99 Å². The van der Waals surface area contributed by atoms with Gasteiger partial charge in [-0.2, -0.15) is 9.65 Å². The largest absolute Gasteiger partial charge is 0.373 e. The maximum absolute atomic E-state index is 13.9. The summed E-state index contributed by atoms with van der Waals surface area (Å²) in [7, 11) is 0. The second-order valence-corrected chi connectivity index (χ2v) is 9.74. The van der Waals surface area contributed by atoms with Crippen LogP contribution in [0.25, 0.3) is 5.70 Å². The Morgan fingerprint density at radius 3 is 2.60 bits per heavy atom. The molecule has 2 aromatic carbocycles. The van der Waals surface area contributed by atoms with E-state index < -0.39 is 17.8 Å². The second-order valence-electron chi connectivity index (χ2n) is 9.33. The van der Waals surface area contributed by atoms with E-state index in [4.69, 9.17) is 11.6 Å². The molecule has 1 fully saturated rings. The predicted molar refractivity (Wildman–Crippen MR) is 149 cm³/mol. The van der Waals surface area contributed by atoms with Gasteiger partial charge in [-0.15, -0.1) is 5.53 Å². The summed E-state index contributed by atoms with van der Waals surface area (Å²) in [4.78, 5) is 7.46. The van der Waals surface area contributed by atoms with Crippen LogP contribution in [-0.4, -0.2) is 22.8 Å². The number of rotatable bonds is 9. The van der Waals surface area contributed by atoms with Gasteiger partial charge in [-0.1, -0.05) is 23.7 Å². The van der Waals surface area contributed by atoms with Gasteiger partial charge in [-0.3, -0.25) is 10.0 Å². The number of aliphatic imine (C=N–C) groups is 1. The summed E-state index contributed by atoms with van der Waals surface area (Å²) in [6.07, 6.45) is 5.23. The molecule has 2 heterocycles. The van der Waals surface area contributed by atoms with Crippen LogP contribution in [0.2, 0.25) is 5.02 Å². The van der Waals surface area contributed by atoms with Gasteiger partial charge in [0.25, 0.3) is 0 Å². The van der Waals surface area contributed by atoms with Crippen LogP contribution < -0.4 is 21.6 Å². The van der Waals surface area contributed by atoms with Crippen molar-refractivity contribution in [3.63, 3.8) is 0 Å². The van der Waals surface area contributed by atoms with Gasteiger partial charge in [0, 0.05) is 29.6 Å². The van der Waals surface area contributed by atoms with Gasteiger partial charge in [-0.05, 0) is 56.3 Å². The molecule has 0 spiro atoms. The summed E-state index contributed by atoms with van der Waals surface area (Å²) in [6.45, 7) is 5.17. The molecule has 0 bridgehead atoms. The molecule has 0 saturated heterocycles. The Morgan fingerprint density at radius 2 is 1.95 bits per heavy atom. The molecule has 1 atom stereocenters. The molecule has 204 valence electrons. The minimum atomic E-state index is -1.24. The molecule has 3 aromatic rings. The molecule has 5 rings (SSSR count). The monoisotopic (exact) mass is 564 g/mol. The lowest BCUT2D eigenvalue weighted by Crippen LogP contribution is -2.38. The highest BCUT2D eigenvalue weighted by molar-refractivity contribution is 6.34. The predicted octanol–water partition coefficient (Wildman–Crippen LogP) is 6.33. The fourth-order valence-electron chi connectivity index (χ4n) is 4.29. The van der Waals surface area contributed by atoms with Gasteiger partial charge in [0.05, 0.1) is 51.7 Å². The molecule has 4 N–H and O–H groups in total. The average molecular weight is 565 g/mol. The lowest BCUT2D eigenvalue weighted by molar-refractivity contribution is 0.260. The Hall–Kier alpha value is -4.53. The van der Waals surface area contributed by atoms with Gasteiger partial charge in [-0.25, -0.2) is 13.8 Å². The number of hydrogen-bond donors (Lipinski definition) is 4. The highest BCUT2D eigenvalue weighted by Crippen LogP contribution is 2.40. The number of allylic oxidation sites excluding steroid dienone is 1. The third-order valence-corrected chi connectivity index (χ3v) is 6.76. The van der Waals surface area contributed by atoms with Crippen LogP contribution in [0, 0.1) is 28.9 Å². The van der Waals surface area contributed by atoms with E-state index in [1.807, 2.05) is 11.2 Å².